The summed E-state index contributed by atoms with van der Waals surface area (Å²) in [4.78, 5) is 4.04. The van der Waals surface area contributed by atoms with Gasteiger partial charge in [0, 0.05) is 23.7 Å². The molecule has 2 aliphatic heterocycles. The van der Waals surface area contributed by atoms with E-state index in [1.807, 2.05) is 11.8 Å². The van der Waals surface area contributed by atoms with Crippen molar-refractivity contribution >= 4 is 17.3 Å². The SMILES string of the molecule is NCCCCN1CCC(=C2c3ccccc3CSc3ccccc32)CC1. The van der Waals surface area contributed by atoms with E-state index in [0.29, 0.717) is 0 Å². The molecule has 2 heterocycles. The van der Waals surface area contributed by atoms with E-state index < -0.39 is 0 Å². The molecule has 3 heteroatoms. The maximum absolute atomic E-state index is 5.64. The lowest BCUT2D eigenvalue weighted by molar-refractivity contribution is 0.252. The predicted molar refractivity (Wildman–Crippen MR) is 112 cm³/mol. The summed E-state index contributed by atoms with van der Waals surface area (Å²) in [7, 11) is 0. The van der Waals surface area contributed by atoms with Gasteiger partial charge in [-0.2, -0.15) is 0 Å². The molecule has 0 saturated carbocycles. The molecule has 2 aromatic carbocycles. The van der Waals surface area contributed by atoms with Crippen molar-refractivity contribution in [1.29, 1.82) is 0 Å². The lowest BCUT2D eigenvalue weighted by Crippen LogP contribution is -2.32. The van der Waals surface area contributed by atoms with Crippen LogP contribution in [0.15, 0.2) is 59.0 Å². The number of nitrogens with zero attached hydrogens (tertiary/aromatic N) is 1. The fourth-order valence-corrected chi connectivity index (χ4v) is 5.21. The summed E-state index contributed by atoms with van der Waals surface area (Å²) in [6.07, 6.45) is 4.74. The molecular weight excluding hydrogens is 336 g/mol. The zero-order valence-electron chi connectivity index (χ0n) is 15.4. The van der Waals surface area contributed by atoms with E-state index in [4.69, 9.17) is 5.73 Å². The van der Waals surface area contributed by atoms with Crippen molar-refractivity contribution in [2.75, 3.05) is 26.2 Å². The highest BCUT2D eigenvalue weighted by Crippen LogP contribution is 2.43. The Labute approximate surface area is 161 Å². The van der Waals surface area contributed by atoms with Crippen molar-refractivity contribution in [3.63, 3.8) is 0 Å². The molecule has 2 aliphatic rings. The van der Waals surface area contributed by atoms with Crippen LogP contribution in [0.25, 0.3) is 5.57 Å². The number of unbranched alkanes of at least 4 members (excludes halogenated alkanes) is 1. The summed E-state index contributed by atoms with van der Waals surface area (Å²) in [6.45, 7) is 4.37. The van der Waals surface area contributed by atoms with E-state index in [-0.39, 0.29) is 0 Å². The number of hydrogen-bond donors (Lipinski definition) is 1. The van der Waals surface area contributed by atoms with Crippen molar-refractivity contribution in [1.82, 2.24) is 4.90 Å². The first-order valence-electron chi connectivity index (χ1n) is 9.82. The van der Waals surface area contributed by atoms with Gasteiger partial charge in [-0.1, -0.05) is 48.0 Å². The molecular formula is C23H28N2S. The Kier molecular flexibility index (Phi) is 5.78. The van der Waals surface area contributed by atoms with Crippen LogP contribution in [0.5, 0.6) is 0 Å². The van der Waals surface area contributed by atoms with Gasteiger partial charge in [-0.3, -0.25) is 0 Å². The normalized spacial score (nSPS) is 17.6. The van der Waals surface area contributed by atoms with Gasteiger partial charge >= 0.3 is 0 Å². The first-order chi connectivity index (χ1) is 12.9. The number of fused-ring (bicyclic) bond motifs is 2. The molecule has 2 aromatic rings. The van der Waals surface area contributed by atoms with Crippen LogP contribution in [-0.2, 0) is 5.75 Å². The van der Waals surface area contributed by atoms with Gasteiger partial charge in [-0.25, -0.2) is 0 Å². The monoisotopic (exact) mass is 364 g/mol. The summed E-state index contributed by atoms with van der Waals surface area (Å²) in [6, 6.07) is 18.0. The number of piperidine rings is 1. The highest BCUT2D eigenvalue weighted by molar-refractivity contribution is 7.98. The topological polar surface area (TPSA) is 29.3 Å². The lowest BCUT2D eigenvalue weighted by Gasteiger charge is -2.30. The van der Waals surface area contributed by atoms with E-state index in [0.717, 1.165) is 18.7 Å². The molecule has 2 N–H and O–H groups in total. The molecule has 0 unspecified atom stereocenters. The third-order valence-corrected chi connectivity index (χ3v) is 6.69. The molecule has 1 fully saturated rings. The van der Waals surface area contributed by atoms with Gasteiger partial charge in [0.25, 0.3) is 0 Å². The average Bonchev–Trinajstić information content (AvgIpc) is 2.86. The molecule has 2 nitrogen and oxygen atoms in total. The van der Waals surface area contributed by atoms with Crippen molar-refractivity contribution in [3.05, 3.63) is 70.8 Å². The molecule has 136 valence electrons. The Morgan fingerprint density at radius 3 is 2.42 bits per heavy atom. The van der Waals surface area contributed by atoms with Crippen LogP contribution in [-0.4, -0.2) is 31.1 Å². The summed E-state index contributed by atoms with van der Waals surface area (Å²) >= 11 is 1.98. The van der Waals surface area contributed by atoms with Crippen molar-refractivity contribution in [2.45, 2.75) is 36.3 Å². The van der Waals surface area contributed by atoms with Gasteiger partial charge in [-0.15, -0.1) is 11.8 Å². The van der Waals surface area contributed by atoms with Crippen LogP contribution >= 0.6 is 11.8 Å². The molecule has 0 aromatic heterocycles. The van der Waals surface area contributed by atoms with Gasteiger partial charge < -0.3 is 10.6 Å². The minimum Gasteiger partial charge on any atom is -0.330 e. The zero-order valence-corrected chi connectivity index (χ0v) is 16.2. The maximum Gasteiger partial charge on any atom is 0.0238 e. The molecule has 4 rings (SSSR count). The Bertz CT molecular complexity index is 737. The molecule has 0 radical (unpaired) electrons. The van der Waals surface area contributed by atoms with E-state index >= 15 is 0 Å². The molecule has 0 spiro atoms. The highest BCUT2D eigenvalue weighted by atomic mass is 32.2. The molecule has 0 amide bonds. The van der Waals surface area contributed by atoms with Gasteiger partial charge in [-0.05, 0) is 67.1 Å². The van der Waals surface area contributed by atoms with Gasteiger partial charge in [0.05, 0.1) is 0 Å². The Balaban J connectivity index is 1.66. The first kappa shape index (κ1) is 17.8. The van der Waals surface area contributed by atoms with Gasteiger partial charge in [0.1, 0.15) is 0 Å². The number of nitrogens with two attached hydrogens (primary N) is 1. The highest BCUT2D eigenvalue weighted by Gasteiger charge is 2.23. The molecule has 0 bridgehead atoms. The minimum atomic E-state index is 0.814. The van der Waals surface area contributed by atoms with Crippen LogP contribution in [0.1, 0.15) is 42.4 Å². The quantitative estimate of drug-likeness (QED) is 0.780. The second-order valence-corrected chi connectivity index (χ2v) is 8.28. The van der Waals surface area contributed by atoms with Crippen LogP contribution < -0.4 is 5.73 Å². The third kappa shape index (κ3) is 3.75. The van der Waals surface area contributed by atoms with E-state index in [9.17, 15) is 0 Å². The van der Waals surface area contributed by atoms with Crippen molar-refractivity contribution < 1.29 is 0 Å². The van der Waals surface area contributed by atoms with Crippen molar-refractivity contribution in [3.8, 4) is 0 Å². The summed E-state index contributed by atoms with van der Waals surface area (Å²) < 4.78 is 0. The number of rotatable bonds is 4. The summed E-state index contributed by atoms with van der Waals surface area (Å²) in [5, 5.41) is 0. The number of thioether (sulfide) groups is 1. The molecule has 0 atom stereocenters. The second-order valence-electron chi connectivity index (χ2n) is 7.26. The van der Waals surface area contributed by atoms with Crippen LogP contribution in [0.4, 0.5) is 0 Å². The maximum atomic E-state index is 5.64. The van der Waals surface area contributed by atoms with Crippen LogP contribution in [0.3, 0.4) is 0 Å². The number of hydrogen-bond acceptors (Lipinski definition) is 3. The molecule has 0 aliphatic carbocycles. The predicted octanol–water partition coefficient (Wildman–Crippen LogP) is 4.93. The van der Waals surface area contributed by atoms with E-state index in [1.165, 1.54) is 66.1 Å². The standard InChI is InChI=1S/C23H28N2S/c24-13-5-6-14-25-15-11-18(12-16-25)23-20-8-2-1-7-19(20)17-26-22-10-4-3-9-21(22)23/h1-4,7-10H,5-6,11-17,24H2. The Hall–Kier alpha value is -1.55. The summed E-state index contributed by atoms with van der Waals surface area (Å²) in [5.74, 6) is 1.06. The first-order valence-corrected chi connectivity index (χ1v) is 10.8. The zero-order chi connectivity index (χ0) is 17.8. The number of benzene rings is 2. The van der Waals surface area contributed by atoms with Gasteiger partial charge in [0.2, 0.25) is 0 Å². The fourth-order valence-electron chi connectivity index (χ4n) is 4.15. The smallest absolute Gasteiger partial charge is 0.0238 e. The summed E-state index contributed by atoms with van der Waals surface area (Å²) in [5.41, 5.74) is 13.2. The third-order valence-electron chi connectivity index (χ3n) is 5.57. The Morgan fingerprint density at radius 1 is 0.885 bits per heavy atom. The fraction of sp³-hybridized carbons (Fsp3) is 0.391. The van der Waals surface area contributed by atoms with E-state index in [2.05, 4.69) is 53.4 Å². The lowest BCUT2D eigenvalue weighted by atomic mass is 9.86. The van der Waals surface area contributed by atoms with Crippen LogP contribution in [0.2, 0.25) is 0 Å². The second kappa shape index (κ2) is 8.43. The van der Waals surface area contributed by atoms with E-state index in [1.54, 1.807) is 5.57 Å². The van der Waals surface area contributed by atoms with Crippen molar-refractivity contribution in [2.24, 2.45) is 5.73 Å². The number of likely N-dealkylation sites (tertiary alicyclic amines) is 1. The van der Waals surface area contributed by atoms with Gasteiger partial charge in [0.15, 0.2) is 0 Å². The Morgan fingerprint density at radius 2 is 1.62 bits per heavy atom. The minimum absolute atomic E-state index is 0.814. The molecule has 1 saturated heterocycles. The largest absolute Gasteiger partial charge is 0.330 e. The molecule has 26 heavy (non-hydrogen) atoms. The average molecular weight is 365 g/mol. The van der Waals surface area contributed by atoms with Crippen LogP contribution in [0, 0.1) is 0 Å².